The summed E-state index contributed by atoms with van der Waals surface area (Å²) in [5, 5.41) is 15.7. The standard InChI is InChI=1S/C23H26N4O2/c1-15(2)25-23-24-13-16(3)21(27-23)18-9-11-19(12-10-18)22(29)26-20(14-28)17-7-5-4-6-8-17/h4-13,15,20,28H,14H2,1-3H3,(H,26,29)(H,24,25,27)/t20-/m1/s1. The summed E-state index contributed by atoms with van der Waals surface area (Å²) in [7, 11) is 0. The Labute approximate surface area is 171 Å². The van der Waals surface area contributed by atoms with Gasteiger partial charge in [0, 0.05) is 23.4 Å². The third-order valence-electron chi connectivity index (χ3n) is 4.50. The van der Waals surface area contributed by atoms with E-state index in [-0.39, 0.29) is 18.6 Å². The third-order valence-corrected chi connectivity index (χ3v) is 4.50. The number of benzene rings is 2. The molecule has 1 amide bonds. The first-order chi connectivity index (χ1) is 14.0. The molecule has 3 aromatic rings. The molecule has 29 heavy (non-hydrogen) atoms. The van der Waals surface area contributed by atoms with Crippen LogP contribution in [0.25, 0.3) is 11.3 Å². The second-order valence-corrected chi connectivity index (χ2v) is 7.22. The van der Waals surface area contributed by atoms with Crippen LogP contribution in [-0.4, -0.2) is 33.6 Å². The SMILES string of the molecule is Cc1cnc(NC(C)C)nc1-c1ccc(C(=O)N[C@H](CO)c2ccccc2)cc1. The van der Waals surface area contributed by atoms with Gasteiger partial charge >= 0.3 is 0 Å². The van der Waals surface area contributed by atoms with Gasteiger partial charge in [0.05, 0.1) is 18.3 Å². The van der Waals surface area contributed by atoms with Gasteiger partial charge in [-0.25, -0.2) is 9.97 Å². The van der Waals surface area contributed by atoms with Gasteiger partial charge < -0.3 is 15.7 Å². The number of aryl methyl sites for hydroxylation is 1. The Morgan fingerprint density at radius 2 is 1.76 bits per heavy atom. The number of aliphatic hydroxyl groups is 1. The zero-order chi connectivity index (χ0) is 20.8. The number of rotatable bonds is 7. The molecule has 0 bridgehead atoms. The predicted molar refractivity (Wildman–Crippen MR) is 115 cm³/mol. The molecule has 0 radical (unpaired) electrons. The molecule has 1 atom stereocenters. The van der Waals surface area contributed by atoms with Gasteiger partial charge in [0.15, 0.2) is 0 Å². The van der Waals surface area contributed by atoms with E-state index in [0.717, 1.165) is 22.4 Å². The minimum absolute atomic E-state index is 0.167. The van der Waals surface area contributed by atoms with Crippen LogP contribution >= 0.6 is 0 Å². The predicted octanol–water partition coefficient (Wildman–Crippen LogP) is 3.74. The van der Waals surface area contributed by atoms with Crippen molar-refractivity contribution in [2.75, 3.05) is 11.9 Å². The van der Waals surface area contributed by atoms with Gasteiger partial charge in [-0.05, 0) is 44.0 Å². The van der Waals surface area contributed by atoms with E-state index in [2.05, 4.69) is 20.6 Å². The molecule has 6 nitrogen and oxygen atoms in total. The Morgan fingerprint density at radius 1 is 1.07 bits per heavy atom. The molecular weight excluding hydrogens is 364 g/mol. The summed E-state index contributed by atoms with van der Waals surface area (Å²) in [6.07, 6.45) is 1.79. The van der Waals surface area contributed by atoms with Gasteiger partial charge in [-0.15, -0.1) is 0 Å². The summed E-state index contributed by atoms with van der Waals surface area (Å²) in [5.74, 6) is 0.345. The normalized spacial score (nSPS) is 11.9. The molecule has 0 aliphatic carbocycles. The molecule has 3 N–H and O–H groups in total. The summed E-state index contributed by atoms with van der Waals surface area (Å²) in [5.41, 5.74) is 4.08. The Kier molecular flexibility index (Phi) is 6.57. The Morgan fingerprint density at radius 3 is 2.38 bits per heavy atom. The molecular formula is C23H26N4O2. The van der Waals surface area contributed by atoms with Crippen LogP contribution in [0.15, 0.2) is 60.8 Å². The molecule has 0 fully saturated rings. The molecule has 150 valence electrons. The van der Waals surface area contributed by atoms with Crippen molar-refractivity contribution in [2.24, 2.45) is 0 Å². The van der Waals surface area contributed by atoms with Crippen LogP contribution in [0.4, 0.5) is 5.95 Å². The third kappa shape index (κ3) is 5.18. The lowest BCUT2D eigenvalue weighted by atomic mass is 10.0. The molecule has 1 heterocycles. The Balaban J connectivity index is 1.77. The molecule has 2 aromatic carbocycles. The fourth-order valence-corrected chi connectivity index (χ4v) is 3.00. The van der Waals surface area contributed by atoms with Crippen molar-refractivity contribution in [3.05, 3.63) is 77.5 Å². The molecule has 0 saturated carbocycles. The van der Waals surface area contributed by atoms with E-state index >= 15 is 0 Å². The van der Waals surface area contributed by atoms with Crippen LogP contribution in [0.5, 0.6) is 0 Å². The number of nitrogens with zero attached hydrogens (tertiary/aromatic N) is 2. The van der Waals surface area contributed by atoms with Crippen molar-refractivity contribution < 1.29 is 9.90 Å². The number of amides is 1. The Bertz CT molecular complexity index is 956. The van der Waals surface area contributed by atoms with Gasteiger partial charge in [-0.2, -0.15) is 0 Å². The molecule has 0 aliphatic rings. The summed E-state index contributed by atoms with van der Waals surface area (Å²) in [6, 6.07) is 16.5. The molecule has 6 heteroatoms. The number of carbonyl (C=O) groups excluding carboxylic acids is 1. The quantitative estimate of drug-likeness (QED) is 0.572. The summed E-state index contributed by atoms with van der Waals surface area (Å²) >= 11 is 0. The lowest BCUT2D eigenvalue weighted by molar-refractivity contribution is 0.0916. The second-order valence-electron chi connectivity index (χ2n) is 7.22. The van der Waals surface area contributed by atoms with Gasteiger partial charge in [0.25, 0.3) is 5.91 Å². The van der Waals surface area contributed by atoms with Crippen LogP contribution in [0.1, 0.15) is 41.4 Å². The number of anilines is 1. The van der Waals surface area contributed by atoms with E-state index < -0.39 is 6.04 Å². The van der Waals surface area contributed by atoms with Crippen LogP contribution in [0, 0.1) is 6.92 Å². The highest BCUT2D eigenvalue weighted by atomic mass is 16.3. The average molecular weight is 390 g/mol. The van der Waals surface area contributed by atoms with Gasteiger partial charge in [-0.1, -0.05) is 42.5 Å². The maximum atomic E-state index is 12.6. The maximum Gasteiger partial charge on any atom is 0.251 e. The summed E-state index contributed by atoms with van der Waals surface area (Å²) < 4.78 is 0. The zero-order valence-corrected chi connectivity index (χ0v) is 16.9. The molecule has 0 unspecified atom stereocenters. The van der Waals surface area contributed by atoms with Crippen LogP contribution in [0.2, 0.25) is 0 Å². The van der Waals surface area contributed by atoms with Crippen molar-refractivity contribution in [3.8, 4) is 11.3 Å². The van der Waals surface area contributed by atoms with Gasteiger partial charge in [-0.3, -0.25) is 4.79 Å². The first kappa shape index (κ1) is 20.5. The van der Waals surface area contributed by atoms with E-state index in [4.69, 9.17) is 0 Å². The number of carbonyl (C=O) groups is 1. The monoisotopic (exact) mass is 390 g/mol. The van der Waals surface area contributed by atoms with Crippen molar-refractivity contribution in [2.45, 2.75) is 32.9 Å². The highest BCUT2D eigenvalue weighted by molar-refractivity contribution is 5.95. The van der Waals surface area contributed by atoms with Gasteiger partial charge in [0.1, 0.15) is 0 Å². The van der Waals surface area contributed by atoms with Gasteiger partial charge in [0.2, 0.25) is 5.95 Å². The van der Waals surface area contributed by atoms with E-state index in [1.807, 2.05) is 63.2 Å². The van der Waals surface area contributed by atoms with Crippen LogP contribution in [0.3, 0.4) is 0 Å². The van der Waals surface area contributed by atoms with E-state index in [1.54, 1.807) is 18.3 Å². The second kappa shape index (κ2) is 9.30. The topological polar surface area (TPSA) is 87.1 Å². The minimum atomic E-state index is -0.447. The molecule has 0 saturated heterocycles. The first-order valence-electron chi connectivity index (χ1n) is 9.65. The average Bonchev–Trinajstić information content (AvgIpc) is 2.73. The van der Waals surface area contributed by atoms with E-state index in [9.17, 15) is 9.90 Å². The van der Waals surface area contributed by atoms with E-state index in [0.29, 0.717) is 11.5 Å². The van der Waals surface area contributed by atoms with Crippen molar-refractivity contribution in [3.63, 3.8) is 0 Å². The number of aromatic nitrogens is 2. The maximum absolute atomic E-state index is 12.6. The van der Waals surface area contributed by atoms with Crippen molar-refractivity contribution in [1.82, 2.24) is 15.3 Å². The minimum Gasteiger partial charge on any atom is -0.394 e. The van der Waals surface area contributed by atoms with Crippen molar-refractivity contribution in [1.29, 1.82) is 0 Å². The largest absolute Gasteiger partial charge is 0.394 e. The zero-order valence-electron chi connectivity index (χ0n) is 16.9. The van der Waals surface area contributed by atoms with Crippen LogP contribution in [-0.2, 0) is 0 Å². The number of hydrogen-bond acceptors (Lipinski definition) is 5. The smallest absolute Gasteiger partial charge is 0.251 e. The highest BCUT2D eigenvalue weighted by Crippen LogP contribution is 2.23. The summed E-state index contributed by atoms with van der Waals surface area (Å²) in [6.45, 7) is 5.86. The fourth-order valence-electron chi connectivity index (χ4n) is 3.00. The first-order valence-corrected chi connectivity index (χ1v) is 9.65. The number of nitrogens with one attached hydrogen (secondary N) is 2. The number of aliphatic hydroxyl groups excluding tert-OH is 1. The molecule has 3 rings (SSSR count). The Hall–Kier alpha value is -3.25. The fraction of sp³-hybridized carbons (Fsp3) is 0.261. The van der Waals surface area contributed by atoms with Crippen LogP contribution < -0.4 is 10.6 Å². The summed E-state index contributed by atoms with van der Waals surface area (Å²) in [4.78, 5) is 21.5. The highest BCUT2D eigenvalue weighted by Gasteiger charge is 2.15. The molecule has 0 spiro atoms. The number of hydrogen-bond donors (Lipinski definition) is 3. The lowest BCUT2D eigenvalue weighted by Crippen LogP contribution is -2.30. The lowest BCUT2D eigenvalue weighted by Gasteiger charge is -2.17. The van der Waals surface area contributed by atoms with E-state index in [1.165, 1.54) is 0 Å². The molecule has 1 aromatic heterocycles. The van der Waals surface area contributed by atoms with Crippen molar-refractivity contribution >= 4 is 11.9 Å². The molecule has 0 aliphatic heterocycles.